The van der Waals surface area contributed by atoms with E-state index < -0.39 is 0 Å². The Kier molecular flexibility index (Phi) is 6.28. The topological polar surface area (TPSA) is 88.0 Å². The van der Waals surface area contributed by atoms with Crippen molar-refractivity contribution < 1.29 is 4.79 Å². The first-order chi connectivity index (χ1) is 12.7. The maximum Gasteiger partial charge on any atom is 0.259 e. The molecular formula is C18H26ClN7O. The molecule has 0 saturated carbocycles. The molecule has 2 saturated heterocycles. The second-order valence-corrected chi connectivity index (χ2v) is 6.99. The number of nitrogens with one attached hydrogen (secondary N) is 2. The molecule has 9 heteroatoms. The van der Waals surface area contributed by atoms with E-state index in [0.717, 1.165) is 50.7 Å². The zero-order chi connectivity index (χ0) is 17.9. The molecule has 0 radical (unpaired) electrons. The summed E-state index contributed by atoms with van der Waals surface area (Å²) in [6.07, 6.45) is 6.09. The number of pyridine rings is 1. The molecule has 4 heterocycles. The van der Waals surface area contributed by atoms with E-state index in [1.54, 1.807) is 10.9 Å². The highest BCUT2D eigenvalue weighted by Gasteiger charge is 2.22. The molecule has 27 heavy (non-hydrogen) atoms. The number of nitrogens with zero attached hydrogens (tertiary/aromatic N) is 5. The highest BCUT2D eigenvalue weighted by Crippen LogP contribution is 2.23. The SMILES string of the molecule is Cl.Cn1nc(C2CCNCC2)nc1NC(=O)c1ccc(N2CCCC2)nc1. The number of aromatic nitrogens is 4. The van der Waals surface area contributed by atoms with Crippen LogP contribution in [0.15, 0.2) is 18.3 Å². The standard InChI is InChI=1S/C18H25N7O.ClH/c1-24-18(21-16(23-24)13-6-8-19-9-7-13)22-17(26)14-4-5-15(20-12-14)25-10-2-3-11-25;/h4-5,12-13,19H,2-3,6-11H2,1H3,(H,21,22,23,26);1H. The van der Waals surface area contributed by atoms with Gasteiger partial charge in [-0.1, -0.05) is 0 Å². The van der Waals surface area contributed by atoms with E-state index in [-0.39, 0.29) is 18.3 Å². The minimum absolute atomic E-state index is 0. The van der Waals surface area contributed by atoms with Crippen LogP contribution in [0.2, 0.25) is 0 Å². The lowest BCUT2D eigenvalue weighted by Crippen LogP contribution is -2.27. The summed E-state index contributed by atoms with van der Waals surface area (Å²) < 4.78 is 1.64. The maximum absolute atomic E-state index is 12.5. The molecule has 146 valence electrons. The molecule has 2 aliphatic rings. The fourth-order valence-electron chi connectivity index (χ4n) is 3.59. The quantitative estimate of drug-likeness (QED) is 0.828. The van der Waals surface area contributed by atoms with E-state index in [1.807, 2.05) is 19.2 Å². The molecule has 0 aromatic carbocycles. The number of hydrogen-bond acceptors (Lipinski definition) is 6. The summed E-state index contributed by atoms with van der Waals surface area (Å²) in [5, 5.41) is 10.7. The lowest BCUT2D eigenvalue weighted by Gasteiger charge is -2.19. The zero-order valence-corrected chi connectivity index (χ0v) is 16.3. The Morgan fingerprint density at radius 1 is 1.22 bits per heavy atom. The van der Waals surface area contributed by atoms with E-state index in [0.29, 0.717) is 17.4 Å². The van der Waals surface area contributed by atoms with Crippen molar-refractivity contribution in [3.63, 3.8) is 0 Å². The predicted octanol–water partition coefficient (Wildman–Crippen LogP) is 1.95. The predicted molar refractivity (Wildman–Crippen MR) is 107 cm³/mol. The van der Waals surface area contributed by atoms with Crippen molar-refractivity contribution in [2.75, 3.05) is 36.4 Å². The molecule has 0 bridgehead atoms. The third kappa shape index (κ3) is 4.39. The van der Waals surface area contributed by atoms with Gasteiger partial charge in [0, 0.05) is 32.3 Å². The molecule has 2 N–H and O–H groups in total. The van der Waals surface area contributed by atoms with Gasteiger partial charge in [-0.05, 0) is 50.9 Å². The molecule has 2 aromatic heterocycles. The summed E-state index contributed by atoms with van der Waals surface area (Å²) in [7, 11) is 1.81. The number of rotatable bonds is 4. The van der Waals surface area contributed by atoms with Gasteiger partial charge < -0.3 is 10.2 Å². The fraction of sp³-hybridized carbons (Fsp3) is 0.556. The largest absolute Gasteiger partial charge is 0.357 e. The maximum atomic E-state index is 12.5. The van der Waals surface area contributed by atoms with Crippen molar-refractivity contribution in [1.82, 2.24) is 25.1 Å². The summed E-state index contributed by atoms with van der Waals surface area (Å²) in [6.45, 7) is 4.05. The van der Waals surface area contributed by atoms with Crippen LogP contribution in [0.25, 0.3) is 0 Å². The molecule has 0 spiro atoms. The molecule has 4 rings (SSSR count). The van der Waals surface area contributed by atoms with Gasteiger partial charge in [0.05, 0.1) is 5.56 Å². The lowest BCUT2D eigenvalue weighted by molar-refractivity contribution is 0.102. The average Bonchev–Trinajstić information content (AvgIpc) is 3.33. The van der Waals surface area contributed by atoms with Crippen molar-refractivity contribution in [1.29, 1.82) is 0 Å². The van der Waals surface area contributed by atoms with Gasteiger partial charge in [0.25, 0.3) is 5.91 Å². The lowest BCUT2D eigenvalue weighted by atomic mass is 9.98. The van der Waals surface area contributed by atoms with Crippen LogP contribution in [0.3, 0.4) is 0 Å². The first-order valence-electron chi connectivity index (χ1n) is 9.35. The summed E-state index contributed by atoms with van der Waals surface area (Å²) in [4.78, 5) is 23.8. The summed E-state index contributed by atoms with van der Waals surface area (Å²) in [6, 6.07) is 3.73. The number of halogens is 1. The Morgan fingerprint density at radius 3 is 2.63 bits per heavy atom. The normalized spacial score (nSPS) is 17.6. The first kappa shape index (κ1) is 19.6. The van der Waals surface area contributed by atoms with Crippen molar-refractivity contribution in [3.8, 4) is 0 Å². The van der Waals surface area contributed by atoms with Crippen LogP contribution < -0.4 is 15.5 Å². The van der Waals surface area contributed by atoms with Gasteiger partial charge in [-0.25, -0.2) is 9.67 Å². The van der Waals surface area contributed by atoms with Gasteiger partial charge in [0.15, 0.2) is 5.82 Å². The van der Waals surface area contributed by atoms with Crippen LogP contribution in [0.5, 0.6) is 0 Å². The van der Waals surface area contributed by atoms with Crippen molar-refractivity contribution in [3.05, 3.63) is 29.7 Å². The summed E-state index contributed by atoms with van der Waals surface area (Å²) in [5.74, 6) is 2.37. The van der Waals surface area contributed by atoms with Gasteiger partial charge in [-0.2, -0.15) is 10.1 Å². The second-order valence-electron chi connectivity index (χ2n) is 6.99. The molecular weight excluding hydrogens is 366 g/mol. The molecule has 8 nitrogen and oxygen atoms in total. The van der Waals surface area contributed by atoms with E-state index in [9.17, 15) is 4.79 Å². The third-order valence-corrected chi connectivity index (χ3v) is 5.15. The molecule has 1 amide bonds. The Bertz CT molecular complexity index is 765. The van der Waals surface area contributed by atoms with E-state index in [1.165, 1.54) is 12.8 Å². The highest BCUT2D eigenvalue weighted by atomic mass is 35.5. The molecule has 2 aliphatic heterocycles. The molecule has 0 unspecified atom stereocenters. The van der Waals surface area contributed by atoms with Crippen LogP contribution in [0.4, 0.5) is 11.8 Å². The van der Waals surface area contributed by atoms with Gasteiger partial charge in [0.1, 0.15) is 5.82 Å². The van der Waals surface area contributed by atoms with Crippen molar-refractivity contribution >= 4 is 30.1 Å². The molecule has 2 aromatic rings. The zero-order valence-electron chi connectivity index (χ0n) is 15.5. The molecule has 0 atom stereocenters. The van der Waals surface area contributed by atoms with Crippen LogP contribution in [0, 0.1) is 0 Å². The number of amides is 1. The smallest absolute Gasteiger partial charge is 0.259 e. The van der Waals surface area contributed by atoms with Gasteiger partial charge >= 0.3 is 0 Å². The summed E-state index contributed by atoms with van der Waals surface area (Å²) >= 11 is 0. The number of carbonyl (C=O) groups is 1. The number of anilines is 2. The van der Waals surface area contributed by atoms with E-state index in [4.69, 9.17) is 0 Å². The average molecular weight is 392 g/mol. The minimum Gasteiger partial charge on any atom is -0.357 e. The van der Waals surface area contributed by atoms with Crippen LogP contribution in [-0.2, 0) is 7.05 Å². The van der Waals surface area contributed by atoms with Crippen LogP contribution >= 0.6 is 12.4 Å². The number of aryl methyl sites for hydroxylation is 1. The van der Waals surface area contributed by atoms with Gasteiger partial charge in [-0.15, -0.1) is 12.4 Å². The van der Waals surface area contributed by atoms with E-state index in [2.05, 4.69) is 30.6 Å². The minimum atomic E-state index is -0.210. The number of piperidine rings is 1. The Labute approximate surface area is 165 Å². The highest BCUT2D eigenvalue weighted by molar-refractivity contribution is 6.03. The number of hydrogen-bond donors (Lipinski definition) is 2. The Balaban J connectivity index is 0.00000210. The fourth-order valence-corrected chi connectivity index (χ4v) is 3.59. The van der Waals surface area contributed by atoms with Gasteiger partial charge in [-0.3, -0.25) is 10.1 Å². The van der Waals surface area contributed by atoms with Crippen LogP contribution in [0.1, 0.15) is 47.8 Å². The molecule has 0 aliphatic carbocycles. The van der Waals surface area contributed by atoms with E-state index >= 15 is 0 Å². The van der Waals surface area contributed by atoms with Gasteiger partial charge in [0.2, 0.25) is 5.95 Å². The summed E-state index contributed by atoms with van der Waals surface area (Å²) in [5.41, 5.74) is 0.527. The second kappa shape index (κ2) is 8.67. The molecule has 2 fully saturated rings. The van der Waals surface area contributed by atoms with Crippen LogP contribution in [-0.4, -0.2) is 51.8 Å². The monoisotopic (exact) mass is 391 g/mol. The Hall–Kier alpha value is -2.19. The third-order valence-electron chi connectivity index (χ3n) is 5.15. The Morgan fingerprint density at radius 2 is 1.96 bits per heavy atom. The number of carbonyl (C=O) groups excluding carboxylic acids is 1. The van der Waals surface area contributed by atoms with Crippen molar-refractivity contribution in [2.45, 2.75) is 31.6 Å². The first-order valence-corrected chi connectivity index (χ1v) is 9.35. The van der Waals surface area contributed by atoms with Crippen molar-refractivity contribution in [2.24, 2.45) is 7.05 Å².